The summed E-state index contributed by atoms with van der Waals surface area (Å²) in [5, 5.41) is 15.0. The van der Waals surface area contributed by atoms with Crippen molar-refractivity contribution in [2.75, 3.05) is 6.54 Å². The summed E-state index contributed by atoms with van der Waals surface area (Å²) >= 11 is 0. The number of benzene rings is 2. The number of aliphatic imine (C=N–C) groups is 1. The minimum Gasteiger partial charge on any atom is -0.494 e. The molecule has 0 bridgehead atoms. The number of rotatable bonds is 4. The van der Waals surface area contributed by atoms with Gasteiger partial charge in [-0.2, -0.15) is 0 Å². The van der Waals surface area contributed by atoms with Gasteiger partial charge in [0.1, 0.15) is 5.82 Å². The molecule has 1 fully saturated rings. The highest BCUT2D eigenvalue weighted by atomic mass is 16.3. The van der Waals surface area contributed by atoms with Crippen LogP contribution in [0.3, 0.4) is 0 Å². The van der Waals surface area contributed by atoms with Gasteiger partial charge in [0.2, 0.25) is 11.8 Å². The van der Waals surface area contributed by atoms with Crippen LogP contribution in [0.5, 0.6) is 5.88 Å². The number of nitrogens with one attached hydrogen (secondary N) is 1. The molecule has 7 heteroatoms. The van der Waals surface area contributed by atoms with Crippen LogP contribution in [0.2, 0.25) is 0 Å². The van der Waals surface area contributed by atoms with Gasteiger partial charge >= 0.3 is 0 Å². The molecule has 0 spiro atoms. The van der Waals surface area contributed by atoms with Crippen LogP contribution >= 0.6 is 0 Å². The van der Waals surface area contributed by atoms with Crippen molar-refractivity contribution < 1.29 is 9.90 Å². The lowest BCUT2D eigenvalue weighted by atomic mass is 9.98. The fourth-order valence-electron chi connectivity index (χ4n) is 4.03. The molecular formula is C25H20N4O3. The van der Waals surface area contributed by atoms with Crippen molar-refractivity contribution in [2.24, 2.45) is 4.99 Å². The molecule has 1 aliphatic heterocycles. The van der Waals surface area contributed by atoms with Gasteiger partial charge in [-0.1, -0.05) is 36.4 Å². The number of aromatic nitrogens is 2. The maximum absolute atomic E-state index is 13.1. The van der Waals surface area contributed by atoms with E-state index in [4.69, 9.17) is 0 Å². The molecule has 2 N–H and O–H groups in total. The standard InChI is InChI=1S/C25H20N4O3/c30-23-13-17(14-28-23)16-6-5-7-18(12-16)27-15-21-19-8-1-2-9-20(19)24(31)29(25(21)32)22-10-3-4-11-26-22/h1-12,15,17,32H,13-14H2,(H,28,30). The zero-order chi connectivity index (χ0) is 22.1. The van der Waals surface area contributed by atoms with Gasteiger partial charge in [-0.3, -0.25) is 14.6 Å². The molecule has 1 atom stereocenters. The van der Waals surface area contributed by atoms with E-state index in [1.807, 2.05) is 30.3 Å². The minimum atomic E-state index is -0.352. The predicted octanol–water partition coefficient (Wildman–Crippen LogP) is 3.45. The Labute approximate surface area is 183 Å². The van der Waals surface area contributed by atoms with E-state index in [2.05, 4.69) is 15.3 Å². The average molecular weight is 424 g/mol. The van der Waals surface area contributed by atoms with Crippen molar-refractivity contribution in [1.82, 2.24) is 14.9 Å². The third kappa shape index (κ3) is 3.54. The van der Waals surface area contributed by atoms with Gasteiger partial charge in [0.25, 0.3) is 5.56 Å². The van der Waals surface area contributed by atoms with Gasteiger partial charge < -0.3 is 10.4 Å². The third-order valence-electron chi connectivity index (χ3n) is 5.64. The van der Waals surface area contributed by atoms with E-state index in [1.165, 1.54) is 4.57 Å². The Hall–Kier alpha value is -4.26. The van der Waals surface area contributed by atoms with Crippen LogP contribution in [-0.2, 0) is 4.79 Å². The Kier molecular flexibility index (Phi) is 4.99. The first kappa shape index (κ1) is 19.7. The van der Waals surface area contributed by atoms with Crippen LogP contribution < -0.4 is 10.9 Å². The zero-order valence-corrected chi connectivity index (χ0v) is 17.1. The van der Waals surface area contributed by atoms with Gasteiger partial charge in [-0.15, -0.1) is 0 Å². The van der Waals surface area contributed by atoms with E-state index in [1.54, 1.807) is 48.8 Å². The fourth-order valence-corrected chi connectivity index (χ4v) is 4.03. The largest absolute Gasteiger partial charge is 0.494 e. The van der Waals surface area contributed by atoms with E-state index in [0.29, 0.717) is 40.8 Å². The lowest BCUT2D eigenvalue weighted by molar-refractivity contribution is -0.119. The minimum absolute atomic E-state index is 0.0528. The molecule has 2 aromatic carbocycles. The van der Waals surface area contributed by atoms with Gasteiger partial charge in [-0.25, -0.2) is 9.55 Å². The molecule has 158 valence electrons. The zero-order valence-electron chi connectivity index (χ0n) is 17.1. The summed E-state index contributed by atoms with van der Waals surface area (Å²) < 4.78 is 1.19. The number of hydrogen-bond donors (Lipinski definition) is 2. The highest BCUT2D eigenvalue weighted by molar-refractivity contribution is 6.02. The Balaban J connectivity index is 1.61. The molecule has 0 radical (unpaired) electrons. The lowest BCUT2D eigenvalue weighted by Crippen LogP contribution is -2.20. The molecule has 1 unspecified atom stereocenters. The number of carbonyl (C=O) groups excluding carboxylic acids is 1. The van der Waals surface area contributed by atoms with Crippen LogP contribution in [0.15, 0.2) is 82.7 Å². The number of aromatic hydroxyl groups is 1. The third-order valence-corrected chi connectivity index (χ3v) is 5.64. The van der Waals surface area contributed by atoms with Crippen LogP contribution in [0.25, 0.3) is 16.6 Å². The van der Waals surface area contributed by atoms with Gasteiger partial charge in [0.05, 0.1) is 11.3 Å². The summed E-state index contributed by atoms with van der Waals surface area (Å²) in [6.45, 7) is 0.618. The summed E-state index contributed by atoms with van der Waals surface area (Å²) in [7, 11) is 0. The first-order chi connectivity index (χ1) is 15.6. The molecule has 1 saturated heterocycles. The SMILES string of the molecule is O=C1CC(c2cccc(N=Cc3c(O)n(-c4ccccn4)c(=O)c4ccccc34)c2)CN1. The Bertz CT molecular complexity index is 1410. The normalized spacial score (nSPS) is 16.0. The number of pyridine rings is 2. The van der Waals surface area contributed by atoms with Gasteiger partial charge in [0.15, 0.2) is 0 Å². The van der Waals surface area contributed by atoms with E-state index in [-0.39, 0.29) is 23.3 Å². The first-order valence-electron chi connectivity index (χ1n) is 10.3. The van der Waals surface area contributed by atoms with Crippen molar-refractivity contribution in [3.63, 3.8) is 0 Å². The number of hydrogen-bond acceptors (Lipinski definition) is 5. The van der Waals surface area contributed by atoms with Crippen molar-refractivity contribution >= 4 is 28.6 Å². The van der Waals surface area contributed by atoms with Crippen LogP contribution in [-0.4, -0.2) is 33.3 Å². The first-order valence-corrected chi connectivity index (χ1v) is 10.3. The number of carbonyl (C=O) groups is 1. The van der Waals surface area contributed by atoms with Crippen LogP contribution in [0, 0.1) is 0 Å². The summed E-state index contributed by atoms with van der Waals surface area (Å²) in [6.07, 6.45) is 3.60. The maximum atomic E-state index is 13.1. The molecule has 0 saturated carbocycles. The summed E-state index contributed by atoms with van der Waals surface area (Å²) in [5.41, 5.74) is 1.80. The summed E-state index contributed by atoms with van der Waals surface area (Å²) in [5.74, 6) is 0.281. The van der Waals surface area contributed by atoms with Crippen LogP contribution in [0.1, 0.15) is 23.5 Å². The average Bonchev–Trinajstić information content (AvgIpc) is 3.26. The van der Waals surface area contributed by atoms with Gasteiger partial charge in [-0.05, 0) is 35.9 Å². The molecule has 32 heavy (non-hydrogen) atoms. The Morgan fingerprint density at radius 1 is 1.03 bits per heavy atom. The summed E-state index contributed by atoms with van der Waals surface area (Å²) in [6, 6.07) is 20.0. The molecule has 5 rings (SSSR count). The molecule has 4 aromatic rings. The molecule has 0 aliphatic carbocycles. The second kappa shape index (κ2) is 8.11. The van der Waals surface area contributed by atoms with E-state index in [9.17, 15) is 14.7 Å². The van der Waals surface area contributed by atoms with Crippen molar-refractivity contribution in [3.05, 3.63) is 94.4 Å². The van der Waals surface area contributed by atoms with Crippen LogP contribution in [0.4, 0.5) is 5.69 Å². The Morgan fingerprint density at radius 3 is 2.59 bits per heavy atom. The highest BCUT2D eigenvalue weighted by Crippen LogP contribution is 2.28. The highest BCUT2D eigenvalue weighted by Gasteiger charge is 2.23. The second-order valence-corrected chi connectivity index (χ2v) is 7.67. The quantitative estimate of drug-likeness (QED) is 0.491. The smallest absolute Gasteiger partial charge is 0.267 e. The van der Waals surface area contributed by atoms with E-state index >= 15 is 0 Å². The van der Waals surface area contributed by atoms with Gasteiger partial charge in [0, 0.05) is 42.1 Å². The molecule has 3 heterocycles. The Morgan fingerprint density at radius 2 is 1.84 bits per heavy atom. The molecule has 1 amide bonds. The summed E-state index contributed by atoms with van der Waals surface area (Å²) in [4.78, 5) is 33.4. The van der Waals surface area contributed by atoms with Crippen molar-refractivity contribution in [3.8, 4) is 11.7 Å². The second-order valence-electron chi connectivity index (χ2n) is 7.67. The molecule has 2 aromatic heterocycles. The van der Waals surface area contributed by atoms with E-state index in [0.717, 1.165) is 5.56 Å². The van der Waals surface area contributed by atoms with Crippen molar-refractivity contribution in [2.45, 2.75) is 12.3 Å². The maximum Gasteiger partial charge on any atom is 0.267 e. The van der Waals surface area contributed by atoms with Crippen molar-refractivity contribution in [1.29, 1.82) is 0 Å². The molecule has 1 aliphatic rings. The predicted molar refractivity (Wildman–Crippen MR) is 123 cm³/mol. The monoisotopic (exact) mass is 424 g/mol. The number of amides is 1. The lowest BCUT2D eigenvalue weighted by Gasteiger charge is -2.13. The van der Waals surface area contributed by atoms with E-state index < -0.39 is 0 Å². The molecule has 7 nitrogen and oxygen atoms in total. The topological polar surface area (TPSA) is 96.6 Å². The number of fused-ring (bicyclic) bond motifs is 1. The molecular weight excluding hydrogens is 404 g/mol. The number of nitrogens with zero attached hydrogens (tertiary/aromatic N) is 3. The fraction of sp³-hybridized carbons (Fsp3) is 0.120.